The highest BCUT2D eigenvalue weighted by Gasteiger charge is 2.25. The number of hydrogen-bond donors (Lipinski definition) is 1. The van der Waals surface area contributed by atoms with E-state index in [1.807, 2.05) is 24.4 Å². The van der Waals surface area contributed by atoms with Gasteiger partial charge in [0.1, 0.15) is 16.9 Å². The zero-order valence-corrected chi connectivity index (χ0v) is 18.3. The molecule has 1 fully saturated rings. The van der Waals surface area contributed by atoms with E-state index in [0.717, 1.165) is 73.8 Å². The van der Waals surface area contributed by atoms with E-state index in [0.29, 0.717) is 17.9 Å². The molecule has 1 amide bonds. The van der Waals surface area contributed by atoms with E-state index in [-0.39, 0.29) is 5.91 Å². The molecule has 1 N–H and O–H groups in total. The molecule has 4 heterocycles. The highest BCUT2D eigenvalue weighted by atomic mass is 32.1. The molecule has 2 aliphatic rings. The first kappa shape index (κ1) is 20.2. The number of pyridine rings is 1. The number of aromatic nitrogens is 3. The van der Waals surface area contributed by atoms with E-state index in [1.54, 1.807) is 11.3 Å². The summed E-state index contributed by atoms with van der Waals surface area (Å²) in [5, 5.41) is 22.0. The summed E-state index contributed by atoms with van der Waals surface area (Å²) >= 11 is 1.59. The van der Waals surface area contributed by atoms with E-state index in [2.05, 4.69) is 30.9 Å². The third kappa shape index (κ3) is 4.08. The number of thiophene rings is 1. The molecule has 7 nitrogen and oxygen atoms in total. The fourth-order valence-corrected chi connectivity index (χ4v) is 6.03. The van der Waals surface area contributed by atoms with Crippen LogP contribution in [0.2, 0.25) is 0 Å². The summed E-state index contributed by atoms with van der Waals surface area (Å²) in [6.07, 6.45) is 8.81. The molecule has 5 rings (SSSR count). The van der Waals surface area contributed by atoms with Gasteiger partial charge < -0.3 is 10.2 Å². The smallest absolute Gasteiger partial charge is 0.226 e. The molecule has 0 aromatic carbocycles. The minimum Gasteiger partial charge on any atom is -0.317 e. The van der Waals surface area contributed by atoms with Crippen LogP contribution in [-0.2, 0) is 17.6 Å². The molecule has 0 bridgehead atoms. The lowest BCUT2D eigenvalue weighted by Gasteiger charge is -2.30. The Morgan fingerprint density at radius 3 is 2.90 bits per heavy atom. The summed E-state index contributed by atoms with van der Waals surface area (Å²) in [6, 6.07) is 8.28. The number of nitriles is 1. The van der Waals surface area contributed by atoms with Gasteiger partial charge in [-0.1, -0.05) is 6.07 Å². The van der Waals surface area contributed by atoms with Crippen LogP contribution in [0, 0.1) is 11.3 Å². The molecule has 160 valence electrons. The maximum absolute atomic E-state index is 12.6. The van der Waals surface area contributed by atoms with Crippen LogP contribution in [0.1, 0.15) is 59.9 Å². The fourth-order valence-electron chi connectivity index (χ4n) is 4.77. The highest BCUT2D eigenvalue weighted by molar-refractivity contribution is 7.16. The topological polar surface area (TPSA) is 86.3 Å². The van der Waals surface area contributed by atoms with Crippen LogP contribution in [0.3, 0.4) is 0 Å². The Morgan fingerprint density at radius 1 is 1.23 bits per heavy atom. The number of hydrogen-bond acceptors (Lipinski definition) is 6. The Morgan fingerprint density at radius 2 is 2.06 bits per heavy atom. The number of nitrogens with zero attached hydrogens (tertiary/aromatic N) is 5. The zero-order valence-electron chi connectivity index (χ0n) is 17.5. The normalized spacial score (nSPS) is 17.4. The van der Waals surface area contributed by atoms with Crippen LogP contribution in [0.4, 0.5) is 5.00 Å². The second-order valence-electron chi connectivity index (χ2n) is 8.43. The van der Waals surface area contributed by atoms with Crippen molar-refractivity contribution in [1.29, 1.82) is 5.26 Å². The van der Waals surface area contributed by atoms with Gasteiger partial charge in [-0.25, -0.2) is 0 Å². The van der Waals surface area contributed by atoms with Gasteiger partial charge >= 0.3 is 0 Å². The predicted octanol–water partition coefficient (Wildman–Crippen LogP) is 3.75. The van der Waals surface area contributed by atoms with E-state index in [1.165, 1.54) is 11.3 Å². The molecule has 8 heteroatoms. The molecule has 1 saturated heterocycles. The molecule has 0 atom stereocenters. The maximum atomic E-state index is 12.6. The summed E-state index contributed by atoms with van der Waals surface area (Å²) in [6.45, 7) is 2.65. The van der Waals surface area contributed by atoms with Crippen LogP contribution in [0.25, 0.3) is 5.65 Å². The standard InChI is InChI=1S/C23H26N6OS/c24-15-18-17-5-1-2-6-19(17)31-23(18)25-21(30)10-14-28-12-8-16(9-13-28)22-27-26-20-7-3-4-11-29(20)22/h3-4,7,11,16H,1-2,5-6,8-10,12-14H2,(H,25,30). The molecule has 1 aliphatic heterocycles. The second-order valence-corrected chi connectivity index (χ2v) is 9.53. The van der Waals surface area contributed by atoms with Crippen LogP contribution in [0.5, 0.6) is 0 Å². The Labute approximate surface area is 185 Å². The number of amides is 1. The van der Waals surface area contributed by atoms with E-state index < -0.39 is 0 Å². The average Bonchev–Trinajstić information content (AvgIpc) is 3.39. The summed E-state index contributed by atoms with van der Waals surface area (Å²) < 4.78 is 2.08. The van der Waals surface area contributed by atoms with Crippen LogP contribution in [0.15, 0.2) is 24.4 Å². The number of carbonyl (C=O) groups is 1. The minimum atomic E-state index is 0.000622. The third-order valence-electron chi connectivity index (χ3n) is 6.48. The SMILES string of the molecule is N#Cc1c(NC(=O)CCN2CCC(c3nnc4ccccn34)CC2)sc2c1CCCC2. The summed E-state index contributed by atoms with van der Waals surface area (Å²) in [7, 11) is 0. The molecular weight excluding hydrogens is 408 g/mol. The van der Waals surface area contributed by atoms with Gasteiger partial charge in [0.2, 0.25) is 5.91 Å². The van der Waals surface area contributed by atoms with Gasteiger partial charge in [-0.05, 0) is 69.3 Å². The lowest BCUT2D eigenvalue weighted by molar-refractivity contribution is -0.116. The van der Waals surface area contributed by atoms with Crippen LogP contribution < -0.4 is 5.32 Å². The van der Waals surface area contributed by atoms with Crippen molar-refractivity contribution in [2.24, 2.45) is 0 Å². The summed E-state index contributed by atoms with van der Waals surface area (Å²) in [5.41, 5.74) is 2.75. The lowest BCUT2D eigenvalue weighted by atomic mass is 9.96. The van der Waals surface area contributed by atoms with Gasteiger partial charge in [-0.3, -0.25) is 9.20 Å². The quantitative estimate of drug-likeness (QED) is 0.661. The second kappa shape index (κ2) is 8.77. The number of anilines is 1. The Kier molecular flexibility index (Phi) is 5.70. The molecule has 0 saturated carbocycles. The van der Waals surface area contributed by atoms with Crippen molar-refractivity contribution in [3.05, 3.63) is 46.2 Å². The molecule has 3 aromatic heterocycles. The average molecular weight is 435 g/mol. The summed E-state index contributed by atoms with van der Waals surface area (Å²) in [5.74, 6) is 1.44. The first-order valence-electron chi connectivity index (χ1n) is 11.1. The molecule has 0 unspecified atom stereocenters. The Balaban J connectivity index is 1.14. The first-order valence-corrected chi connectivity index (χ1v) is 11.9. The van der Waals surface area contributed by atoms with Gasteiger partial charge in [0.05, 0.1) is 5.56 Å². The van der Waals surface area contributed by atoms with Gasteiger partial charge in [0.15, 0.2) is 5.65 Å². The largest absolute Gasteiger partial charge is 0.317 e. The number of rotatable bonds is 5. The predicted molar refractivity (Wildman–Crippen MR) is 120 cm³/mol. The van der Waals surface area contributed by atoms with Gasteiger partial charge in [0, 0.05) is 30.0 Å². The fraction of sp³-hybridized carbons (Fsp3) is 0.478. The Bertz CT molecular complexity index is 1130. The van der Waals surface area contributed by atoms with Gasteiger partial charge in [-0.15, -0.1) is 21.5 Å². The number of carbonyl (C=O) groups excluding carboxylic acids is 1. The molecular formula is C23H26N6OS. The van der Waals surface area contributed by atoms with Crippen molar-refractivity contribution in [3.63, 3.8) is 0 Å². The van der Waals surface area contributed by atoms with Crippen molar-refractivity contribution in [3.8, 4) is 6.07 Å². The van der Waals surface area contributed by atoms with E-state index >= 15 is 0 Å². The number of piperidine rings is 1. The number of fused-ring (bicyclic) bond motifs is 2. The van der Waals surface area contributed by atoms with Crippen molar-refractivity contribution in [1.82, 2.24) is 19.5 Å². The van der Waals surface area contributed by atoms with Crippen LogP contribution in [-0.4, -0.2) is 45.0 Å². The minimum absolute atomic E-state index is 0.000622. The van der Waals surface area contributed by atoms with Crippen molar-refractivity contribution >= 4 is 27.9 Å². The molecule has 1 aliphatic carbocycles. The van der Waals surface area contributed by atoms with E-state index in [9.17, 15) is 10.1 Å². The lowest BCUT2D eigenvalue weighted by Crippen LogP contribution is -2.35. The molecule has 0 spiro atoms. The maximum Gasteiger partial charge on any atom is 0.226 e. The van der Waals surface area contributed by atoms with Crippen molar-refractivity contribution < 1.29 is 4.79 Å². The number of nitrogens with one attached hydrogen (secondary N) is 1. The summed E-state index contributed by atoms with van der Waals surface area (Å²) in [4.78, 5) is 16.2. The van der Waals surface area contributed by atoms with Crippen LogP contribution >= 0.6 is 11.3 Å². The molecule has 3 aromatic rings. The first-order chi connectivity index (χ1) is 15.2. The zero-order chi connectivity index (χ0) is 21.2. The highest BCUT2D eigenvalue weighted by Crippen LogP contribution is 2.37. The van der Waals surface area contributed by atoms with Crippen molar-refractivity contribution in [2.45, 2.75) is 50.9 Å². The van der Waals surface area contributed by atoms with Gasteiger partial charge in [-0.2, -0.15) is 5.26 Å². The van der Waals surface area contributed by atoms with Crippen molar-refractivity contribution in [2.75, 3.05) is 25.0 Å². The van der Waals surface area contributed by atoms with E-state index in [4.69, 9.17) is 0 Å². The third-order valence-corrected chi connectivity index (χ3v) is 7.69. The number of aryl methyl sites for hydroxylation is 1. The molecule has 0 radical (unpaired) electrons. The van der Waals surface area contributed by atoms with Gasteiger partial charge in [0.25, 0.3) is 0 Å². The Hall–Kier alpha value is -2.76. The monoisotopic (exact) mass is 434 g/mol. The molecule has 31 heavy (non-hydrogen) atoms. The number of likely N-dealkylation sites (tertiary alicyclic amines) is 1.